The van der Waals surface area contributed by atoms with Gasteiger partial charge in [-0.2, -0.15) is 0 Å². The Balaban J connectivity index is 1.52. The summed E-state index contributed by atoms with van der Waals surface area (Å²) < 4.78 is 6.25. The van der Waals surface area contributed by atoms with Crippen molar-refractivity contribution in [3.05, 3.63) is 41.1 Å². The summed E-state index contributed by atoms with van der Waals surface area (Å²) >= 11 is 0. The second-order valence-electron chi connectivity index (χ2n) is 7.44. The van der Waals surface area contributed by atoms with Crippen LogP contribution in [0.25, 0.3) is 0 Å². The SMILES string of the molecule is [B]CCc1ccc(OC2CN(CC3N(C)C=CCN3C)C2)c(C)c1C. The molecular weight excluding hydrogens is 309 g/mol. The lowest BCUT2D eigenvalue weighted by molar-refractivity contribution is -0.0177. The summed E-state index contributed by atoms with van der Waals surface area (Å²) in [7, 11) is 10.0. The first-order valence-electron chi connectivity index (χ1n) is 9.26. The first-order valence-corrected chi connectivity index (χ1v) is 9.26. The van der Waals surface area contributed by atoms with E-state index in [2.05, 4.69) is 67.1 Å². The average Bonchev–Trinajstić information content (AvgIpc) is 2.54. The summed E-state index contributed by atoms with van der Waals surface area (Å²) in [6.45, 7) is 8.42. The number of likely N-dealkylation sites (N-methyl/N-ethyl adjacent to an activating group) is 2. The Morgan fingerprint density at radius 1 is 1.16 bits per heavy atom. The number of likely N-dealkylation sites (tertiary alicyclic amines) is 1. The summed E-state index contributed by atoms with van der Waals surface area (Å²) in [4.78, 5) is 7.16. The lowest BCUT2D eigenvalue weighted by Crippen LogP contribution is -2.60. The third-order valence-corrected chi connectivity index (χ3v) is 5.61. The summed E-state index contributed by atoms with van der Waals surface area (Å²) in [5, 5.41) is 0. The fourth-order valence-corrected chi connectivity index (χ4v) is 3.74. The van der Waals surface area contributed by atoms with Gasteiger partial charge in [0.25, 0.3) is 0 Å². The van der Waals surface area contributed by atoms with Gasteiger partial charge in [-0.1, -0.05) is 18.5 Å². The fourth-order valence-electron chi connectivity index (χ4n) is 3.74. The molecule has 2 heterocycles. The highest BCUT2D eigenvalue weighted by Gasteiger charge is 2.33. The van der Waals surface area contributed by atoms with Crippen molar-refractivity contribution in [1.29, 1.82) is 0 Å². The predicted molar refractivity (Wildman–Crippen MR) is 104 cm³/mol. The maximum Gasteiger partial charge on any atom is 0.124 e. The highest BCUT2D eigenvalue weighted by atomic mass is 16.5. The van der Waals surface area contributed by atoms with Crippen LogP contribution in [-0.4, -0.2) is 75.1 Å². The Morgan fingerprint density at radius 3 is 2.60 bits per heavy atom. The Hall–Kier alpha value is -1.46. The summed E-state index contributed by atoms with van der Waals surface area (Å²) in [6.07, 6.45) is 6.77. The van der Waals surface area contributed by atoms with Gasteiger partial charge in [0, 0.05) is 33.2 Å². The minimum Gasteiger partial charge on any atom is -0.487 e. The number of benzene rings is 1. The molecule has 1 saturated heterocycles. The zero-order valence-corrected chi connectivity index (χ0v) is 16.0. The van der Waals surface area contributed by atoms with Gasteiger partial charge in [0.05, 0.1) is 14.0 Å². The molecule has 0 aromatic heterocycles. The van der Waals surface area contributed by atoms with E-state index in [1.807, 2.05) is 0 Å². The van der Waals surface area contributed by atoms with Crippen LogP contribution in [0.2, 0.25) is 6.32 Å². The minimum atomic E-state index is 0.299. The topological polar surface area (TPSA) is 19.0 Å². The maximum atomic E-state index is 6.25. The molecule has 0 amide bonds. The van der Waals surface area contributed by atoms with Crippen molar-refractivity contribution in [1.82, 2.24) is 14.7 Å². The lowest BCUT2D eigenvalue weighted by Gasteiger charge is -2.45. The van der Waals surface area contributed by atoms with Crippen molar-refractivity contribution in [3.63, 3.8) is 0 Å². The minimum absolute atomic E-state index is 0.299. The first-order chi connectivity index (χ1) is 12.0. The molecule has 0 aliphatic carbocycles. The summed E-state index contributed by atoms with van der Waals surface area (Å²) in [5.41, 5.74) is 3.90. The molecule has 0 N–H and O–H groups in total. The van der Waals surface area contributed by atoms with E-state index in [9.17, 15) is 0 Å². The third kappa shape index (κ3) is 4.04. The Bertz CT molecular complexity index is 628. The Labute approximate surface area is 153 Å². The van der Waals surface area contributed by atoms with Crippen molar-refractivity contribution < 1.29 is 4.74 Å². The molecule has 25 heavy (non-hydrogen) atoms. The normalized spacial score (nSPS) is 22.2. The van der Waals surface area contributed by atoms with Crippen molar-refractivity contribution >= 4 is 7.85 Å². The Kier molecular flexibility index (Phi) is 5.75. The molecule has 4 nitrogen and oxygen atoms in total. The smallest absolute Gasteiger partial charge is 0.124 e. The van der Waals surface area contributed by atoms with Gasteiger partial charge in [-0.3, -0.25) is 9.80 Å². The average molecular weight is 339 g/mol. The van der Waals surface area contributed by atoms with E-state index in [0.717, 1.165) is 38.3 Å². The molecule has 2 aliphatic heterocycles. The number of nitrogens with zero attached hydrogens (tertiary/aromatic N) is 3. The molecule has 1 aromatic carbocycles. The molecular formula is C20H30BN3O. The molecule has 1 aromatic rings. The van der Waals surface area contributed by atoms with Crippen LogP contribution in [0.3, 0.4) is 0 Å². The standard InChI is InChI=1S/C20H30BN3O/c1-15-16(2)19(7-6-17(15)8-9-21)25-18-12-24(13-18)14-20-22(3)10-5-11-23(20)4/h5-7,10,18,20H,8-9,11-14H2,1-4H3. The fraction of sp³-hybridized carbons (Fsp3) is 0.600. The summed E-state index contributed by atoms with van der Waals surface area (Å²) in [5.74, 6) is 1.03. The number of hydrogen-bond acceptors (Lipinski definition) is 4. The van der Waals surface area contributed by atoms with E-state index < -0.39 is 0 Å². The van der Waals surface area contributed by atoms with E-state index in [0.29, 0.717) is 18.6 Å². The van der Waals surface area contributed by atoms with Crippen LogP contribution in [0.5, 0.6) is 5.75 Å². The van der Waals surface area contributed by atoms with Crippen molar-refractivity contribution in [2.45, 2.75) is 38.9 Å². The van der Waals surface area contributed by atoms with E-state index in [-0.39, 0.29) is 0 Å². The highest BCUT2D eigenvalue weighted by molar-refractivity contribution is 6.08. The van der Waals surface area contributed by atoms with Gasteiger partial charge >= 0.3 is 0 Å². The van der Waals surface area contributed by atoms with E-state index >= 15 is 0 Å². The number of hydrogen-bond donors (Lipinski definition) is 0. The molecule has 1 fully saturated rings. The Morgan fingerprint density at radius 2 is 1.92 bits per heavy atom. The van der Waals surface area contributed by atoms with Gasteiger partial charge in [-0.25, -0.2) is 0 Å². The quantitative estimate of drug-likeness (QED) is 0.740. The van der Waals surface area contributed by atoms with Crippen LogP contribution < -0.4 is 4.74 Å². The van der Waals surface area contributed by atoms with Crippen LogP contribution in [0.4, 0.5) is 0 Å². The molecule has 0 bridgehead atoms. The number of aryl methyl sites for hydroxylation is 1. The van der Waals surface area contributed by atoms with E-state index in [1.165, 1.54) is 16.7 Å². The maximum absolute atomic E-state index is 6.25. The van der Waals surface area contributed by atoms with Crippen LogP contribution >= 0.6 is 0 Å². The molecule has 134 valence electrons. The van der Waals surface area contributed by atoms with Crippen molar-refractivity contribution in [2.75, 3.05) is 40.3 Å². The molecule has 1 atom stereocenters. The van der Waals surface area contributed by atoms with Gasteiger partial charge in [0.2, 0.25) is 0 Å². The van der Waals surface area contributed by atoms with Gasteiger partial charge in [-0.15, -0.1) is 0 Å². The summed E-state index contributed by atoms with van der Waals surface area (Å²) in [6, 6.07) is 4.28. The second kappa shape index (κ2) is 7.84. The number of rotatable bonds is 6. The zero-order chi connectivity index (χ0) is 18.0. The molecule has 3 rings (SSSR count). The van der Waals surface area contributed by atoms with Crippen LogP contribution in [0, 0.1) is 13.8 Å². The monoisotopic (exact) mass is 339 g/mol. The zero-order valence-electron chi connectivity index (χ0n) is 16.0. The van der Waals surface area contributed by atoms with Crippen molar-refractivity contribution in [2.24, 2.45) is 0 Å². The van der Waals surface area contributed by atoms with Gasteiger partial charge in [0.1, 0.15) is 11.9 Å². The van der Waals surface area contributed by atoms with Gasteiger partial charge < -0.3 is 9.64 Å². The largest absolute Gasteiger partial charge is 0.487 e. The molecule has 1 unspecified atom stereocenters. The van der Waals surface area contributed by atoms with Crippen LogP contribution in [-0.2, 0) is 6.42 Å². The molecule has 2 radical (unpaired) electrons. The molecule has 0 saturated carbocycles. The van der Waals surface area contributed by atoms with Crippen LogP contribution in [0.15, 0.2) is 24.4 Å². The highest BCUT2D eigenvalue weighted by Crippen LogP contribution is 2.28. The third-order valence-electron chi connectivity index (χ3n) is 5.61. The molecule has 5 heteroatoms. The van der Waals surface area contributed by atoms with E-state index in [1.54, 1.807) is 0 Å². The predicted octanol–water partition coefficient (Wildman–Crippen LogP) is 2.21. The van der Waals surface area contributed by atoms with Crippen molar-refractivity contribution in [3.8, 4) is 5.75 Å². The second-order valence-corrected chi connectivity index (χ2v) is 7.44. The van der Waals surface area contributed by atoms with Crippen LogP contribution in [0.1, 0.15) is 16.7 Å². The lowest BCUT2D eigenvalue weighted by atomic mass is 9.92. The molecule has 0 spiro atoms. The van der Waals surface area contributed by atoms with Gasteiger partial charge in [0.15, 0.2) is 0 Å². The number of ether oxygens (including phenoxy) is 1. The molecule has 2 aliphatic rings. The van der Waals surface area contributed by atoms with E-state index in [4.69, 9.17) is 12.6 Å². The van der Waals surface area contributed by atoms with Gasteiger partial charge in [-0.05, 0) is 56.3 Å². The first kappa shape index (κ1) is 18.3.